The summed E-state index contributed by atoms with van der Waals surface area (Å²) in [6.45, 7) is 2.41. The molecule has 23 heavy (non-hydrogen) atoms. The molecule has 0 aliphatic carbocycles. The molecule has 7 heteroatoms. The molecule has 2 rings (SSSR count). The largest absolute Gasteiger partial charge is 0.368 e. The second-order valence-electron chi connectivity index (χ2n) is 5.75. The first kappa shape index (κ1) is 16.9. The molecule has 1 saturated heterocycles. The van der Waals surface area contributed by atoms with E-state index in [4.69, 9.17) is 5.73 Å². The van der Waals surface area contributed by atoms with Crippen molar-refractivity contribution in [1.82, 2.24) is 9.80 Å². The Kier molecular flexibility index (Phi) is 5.31. The van der Waals surface area contributed by atoms with E-state index in [2.05, 4.69) is 0 Å². The average Bonchev–Trinajstić information content (AvgIpc) is 2.49. The van der Waals surface area contributed by atoms with E-state index in [1.54, 1.807) is 12.1 Å². The van der Waals surface area contributed by atoms with Crippen molar-refractivity contribution in [2.24, 2.45) is 5.73 Å². The molecule has 1 heterocycles. The van der Waals surface area contributed by atoms with E-state index in [0.717, 1.165) is 5.56 Å². The van der Waals surface area contributed by atoms with Crippen LogP contribution in [0, 0.1) is 5.82 Å². The molecule has 124 valence electrons. The number of hydrogen-bond acceptors (Lipinski definition) is 3. The first-order valence-corrected chi connectivity index (χ1v) is 7.46. The predicted octanol–water partition coefficient (Wildman–Crippen LogP) is 0.475. The SMILES string of the molecule is C[C@@H](CC(=O)N1CCN(CC(N)=O)C(=O)C1)c1ccc(F)cc1. The second-order valence-corrected chi connectivity index (χ2v) is 5.75. The van der Waals surface area contributed by atoms with Crippen molar-refractivity contribution in [2.45, 2.75) is 19.3 Å². The van der Waals surface area contributed by atoms with Gasteiger partial charge in [0.2, 0.25) is 17.7 Å². The fourth-order valence-corrected chi connectivity index (χ4v) is 2.58. The highest BCUT2D eigenvalue weighted by Gasteiger charge is 2.28. The molecule has 0 bridgehead atoms. The molecule has 0 saturated carbocycles. The summed E-state index contributed by atoms with van der Waals surface area (Å²) in [5.74, 6) is -1.36. The number of halogens is 1. The standard InChI is InChI=1S/C16H20FN3O3/c1-11(12-2-4-13(17)5-3-12)8-15(22)20-7-6-19(9-14(18)21)16(23)10-20/h2-5,11H,6-10H2,1H3,(H2,18,21)/t11-/m0/s1. The summed E-state index contributed by atoms with van der Waals surface area (Å²) in [6, 6.07) is 6.04. The molecule has 3 amide bonds. The highest BCUT2D eigenvalue weighted by molar-refractivity contribution is 5.89. The molecule has 1 aliphatic rings. The average molecular weight is 321 g/mol. The topological polar surface area (TPSA) is 83.7 Å². The van der Waals surface area contributed by atoms with Gasteiger partial charge in [-0.2, -0.15) is 0 Å². The van der Waals surface area contributed by atoms with Crippen molar-refractivity contribution in [1.29, 1.82) is 0 Å². The number of carbonyl (C=O) groups excluding carboxylic acids is 3. The third kappa shape index (κ3) is 4.51. The van der Waals surface area contributed by atoms with Gasteiger partial charge >= 0.3 is 0 Å². The molecular formula is C16H20FN3O3. The van der Waals surface area contributed by atoms with E-state index in [0.29, 0.717) is 13.1 Å². The zero-order valence-electron chi connectivity index (χ0n) is 13.0. The molecule has 6 nitrogen and oxygen atoms in total. The third-order valence-electron chi connectivity index (χ3n) is 3.94. The van der Waals surface area contributed by atoms with Gasteiger partial charge in [0.1, 0.15) is 5.82 Å². The van der Waals surface area contributed by atoms with E-state index in [9.17, 15) is 18.8 Å². The quantitative estimate of drug-likeness (QED) is 0.856. The van der Waals surface area contributed by atoms with Crippen molar-refractivity contribution in [2.75, 3.05) is 26.2 Å². The maximum Gasteiger partial charge on any atom is 0.242 e. The van der Waals surface area contributed by atoms with Gasteiger partial charge in [-0.05, 0) is 23.6 Å². The molecule has 1 fully saturated rings. The Labute approximate surface area is 134 Å². The van der Waals surface area contributed by atoms with E-state index in [1.165, 1.54) is 21.9 Å². The number of carbonyl (C=O) groups is 3. The Hall–Kier alpha value is -2.44. The van der Waals surface area contributed by atoms with Gasteiger partial charge in [0.05, 0.1) is 13.1 Å². The number of benzene rings is 1. The Morgan fingerprint density at radius 2 is 1.91 bits per heavy atom. The Balaban J connectivity index is 1.90. The van der Waals surface area contributed by atoms with Gasteiger partial charge in [-0.1, -0.05) is 19.1 Å². The summed E-state index contributed by atoms with van der Waals surface area (Å²) in [7, 11) is 0. The maximum absolute atomic E-state index is 12.9. The van der Waals surface area contributed by atoms with Crippen LogP contribution in [0.1, 0.15) is 24.8 Å². The Morgan fingerprint density at radius 1 is 1.26 bits per heavy atom. The Morgan fingerprint density at radius 3 is 2.48 bits per heavy atom. The van der Waals surface area contributed by atoms with Crippen molar-refractivity contribution >= 4 is 17.7 Å². The zero-order chi connectivity index (χ0) is 17.0. The van der Waals surface area contributed by atoms with Crippen molar-refractivity contribution in [3.8, 4) is 0 Å². The number of piperazine rings is 1. The molecule has 0 aromatic heterocycles. The van der Waals surface area contributed by atoms with E-state index >= 15 is 0 Å². The minimum absolute atomic E-state index is 0.0394. The third-order valence-corrected chi connectivity index (χ3v) is 3.94. The number of hydrogen-bond donors (Lipinski definition) is 1. The molecule has 1 aliphatic heterocycles. The fraction of sp³-hybridized carbons (Fsp3) is 0.438. The summed E-state index contributed by atoms with van der Waals surface area (Å²) in [6.07, 6.45) is 0.245. The first-order chi connectivity index (χ1) is 10.9. The summed E-state index contributed by atoms with van der Waals surface area (Å²) < 4.78 is 12.9. The number of nitrogens with two attached hydrogens (primary N) is 1. The van der Waals surface area contributed by atoms with Gasteiger partial charge in [-0.15, -0.1) is 0 Å². The fourth-order valence-electron chi connectivity index (χ4n) is 2.58. The van der Waals surface area contributed by atoms with E-state index in [1.807, 2.05) is 6.92 Å². The summed E-state index contributed by atoms with van der Waals surface area (Å²) in [5, 5.41) is 0. The number of nitrogens with zero attached hydrogens (tertiary/aromatic N) is 2. The predicted molar refractivity (Wildman–Crippen MR) is 81.8 cm³/mol. The Bertz CT molecular complexity index is 603. The van der Waals surface area contributed by atoms with Crippen LogP contribution in [0.2, 0.25) is 0 Å². The van der Waals surface area contributed by atoms with E-state index < -0.39 is 5.91 Å². The highest BCUT2D eigenvalue weighted by atomic mass is 19.1. The van der Waals surface area contributed by atoms with Crippen LogP contribution in [0.3, 0.4) is 0 Å². The lowest BCUT2D eigenvalue weighted by atomic mass is 9.97. The van der Waals surface area contributed by atoms with Gasteiger partial charge in [-0.3, -0.25) is 14.4 Å². The molecule has 1 aromatic rings. The van der Waals surface area contributed by atoms with Gasteiger partial charge in [0.25, 0.3) is 0 Å². The van der Waals surface area contributed by atoms with Crippen LogP contribution in [0.5, 0.6) is 0 Å². The van der Waals surface area contributed by atoms with Crippen molar-refractivity contribution < 1.29 is 18.8 Å². The van der Waals surface area contributed by atoms with Crippen LogP contribution in [0.15, 0.2) is 24.3 Å². The van der Waals surface area contributed by atoms with Crippen LogP contribution in [0.4, 0.5) is 4.39 Å². The lowest BCUT2D eigenvalue weighted by Crippen LogP contribution is -2.54. The molecule has 0 spiro atoms. The molecule has 0 unspecified atom stereocenters. The minimum atomic E-state index is -0.567. The zero-order valence-corrected chi connectivity index (χ0v) is 13.0. The summed E-state index contributed by atoms with van der Waals surface area (Å²) >= 11 is 0. The summed E-state index contributed by atoms with van der Waals surface area (Å²) in [4.78, 5) is 38.0. The van der Waals surface area contributed by atoms with Gasteiger partial charge in [0.15, 0.2) is 0 Å². The summed E-state index contributed by atoms with van der Waals surface area (Å²) in [5.41, 5.74) is 5.95. The van der Waals surface area contributed by atoms with Gasteiger partial charge in [0, 0.05) is 19.5 Å². The van der Waals surface area contributed by atoms with E-state index in [-0.39, 0.29) is 43.1 Å². The molecule has 1 atom stereocenters. The van der Waals surface area contributed by atoms with Crippen molar-refractivity contribution in [3.05, 3.63) is 35.6 Å². The van der Waals surface area contributed by atoms with Crippen LogP contribution in [0.25, 0.3) is 0 Å². The highest BCUT2D eigenvalue weighted by Crippen LogP contribution is 2.20. The lowest BCUT2D eigenvalue weighted by molar-refractivity contribution is -0.146. The van der Waals surface area contributed by atoms with Crippen LogP contribution in [-0.2, 0) is 14.4 Å². The van der Waals surface area contributed by atoms with Crippen molar-refractivity contribution in [3.63, 3.8) is 0 Å². The number of primary amides is 1. The second kappa shape index (κ2) is 7.21. The lowest BCUT2D eigenvalue weighted by Gasteiger charge is -2.34. The molecular weight excluding hydrogens is 301 g/mol. The van der Waals surface area contributed by atoms with Crippen LogP contribution >= 0.6 is 0 Å². The van der Waals surface area contributed by atoms with Gasteiger partial charge < -0.3 is 15.5 Å². The van der Waals surface area contributed by atoms with Crippen LogP contribution < -0.4 is 5.73 Å². The smallest absolute Gasteiger partial charge is 0.242 e. The molecule has 0 radical (unpaired) electrons. The maximum atomic E-state index is 12.9. The first-order valence-electron chi connectivity index (χ1n) is 7.46. The minimum Gasteiger partial charge on any atom is -0.368 e. The number of rotatable bonds is 5. The normalized spacial score (nSPS) is 16.3. The van der Waals surface area contributed by atoms with Gasteiger partial charge in [-0.25, -0.2) is 4.39 Å². The molecule has 1 aromatic carbocycles. The van der Waals surface area contributed by atoms with Crippen LogP contribution in [-0.4, -0.2) is 53.7 Å². The molecule has 2 N–H and O–H groups in total. The monoisotopic (exact) mass is 321 g/mol. The number of amides is 3.